The Morgan fingerprint density at radius 2 is 1.41 bits per heavy atom. The summed E-state index contributed by atoms with van der Waals surface area (Å²) in [5.74, 6) is 0. The fourth-order valence-corrected chi connectivity index (χ4v) is 4.74. The molecule has 1 heterocycles. The van der Waals surface area contributed by atoms with Gasteiger partial charge < -0.3 is 5.32 Å². The molecule has 2 aliphatic rings. The van der Waals surface area contributed by atoms with Crippen molar-refractivity contribution < 1.29 is 4.92 Å². The van der Waals surface area contributed by atoms with Crippen molar-refractivity contribution in [2.45, 2.75) is 77.0 Å². The van der Waals surface area contributed by atoms with Crippen LogP contribution in [0.15, 0.2) is 60.5 Å². The Balaban J connectivity index is 1.87. The molecule has 0 amide bonds. The maximum Gasteiger partial charge on any atom is 0.269 e. The normalized spacial score (nSPS) is 20.5. The second-order valence-electron chi connectivity index (χ2n) is 8.53. The molecule has 1 aliphatic heterocycles. The van der Waals surface area contributed by atoms with Gasteiger partial charge in [-0.05, 0) is 37.0 Å². The van der Waals surface area contributed by atoms with Gasteiger partial charge in [0.1, 0.15) is 0 Å². The first-order valence-electron chi connectivity index (χ1n) is 11.2. The molecule has 0 unspecified atom stereocenters. The van der Waals surface area contributed by atoms with Crippen molar-refractivity contribution in [2.24, 2.45) is 5.41 Å². The Morgan fingerprint density at radius 1 is 0.828 bits per heavy atom. The summed E-state index contributed by atoms with van der Waals surface area (Å²) >= 11 is 0. The highest BCUT2D eigenvalue weighted by atomic mass is 16.6. The van der Waals surface area contributed by atoms with E-state index in [1.807, 2.05) is 24.4 Å². The number of allylic oxidation sites excluding steroid dienone is 5. The van der Waals surface area contributed by atoms with Crippen LogP contribution in [0, 0.1) is 15.5 Å². The lowest BCUT2D eigenvalue weighted by Gasteiger charge is -2.37. The zero-order chi connectivity index (χ0) is 20.4. The highest BCUT2D eigenvalue weighted by molar-refractivity contribution is 5.35. The molecular formula is C25H34N2O2. The van der Waals surface area contributed by atoms with Crippen molar-refractivity contribution in [3.63, 3.8) is 0 Å². The first-order valence-corrected chi connectivity index (χ1v) is 11.2. The number of nitro benzene ring substituents is 1. The van der Waals surface area contributed by atoms with E-state index in [1.54, 1.807) is 12.1 Å². The van der Waals surface area contributed by atoms with E-state index < -0.39 is 0 Å². The van der Waals surface area contributed by atoms with E-state index in [1.165, 1.54) is 69.0 Å². The number of nitrogens with zero attached hydrogens (tertiary/aromatic N) is 1. The second-order valence-corrected chi connectivity index (χ2v) is 8.53. The van der Waals surface area contributed by atoms with Gasteiger partial charge in [-0.15, -0.1) is 0 Å². The zero-order valence-electron chi connectivity index (χ0n) is 17.4. The van der Waals surface area contributed by atoms with E-state index in [4.69, 9.17) is 0 Å². The highest BCUT2D eigenvalue weighted by Crippen LogP contribution is 2.42. The maximum atomic E-state index is 11.0. The molecule has 1 saturated carbocycles. The minimum Gasteiger partial charge on any atom is -0.365 e. The number of hydrogen-bond donors (Lipinski definition) is 1. The lowest BCUT2D eigenvalue weighted by atomic mass is 9.70. The van der Waals surface area contributed by atoms with Crippen molar-refractivity contribution >= 4 is 5.69 Å². The number of non-ortho nitro benzene ring substituents is 1. The van der Waals surface area contributed by atoms with Crippen LogP contribution < -0.4 is 5.32 Å². The van der Waals surface area contributed by atoms with Gasteiger partial charge in [0.15, 0.2) is 0 Å². The highest BCUT2D eigenvalue weighted by Gasteiger charge is 2.34. The molecule has 1 aliphatic carbocycles. The monoisotopic (exact) mass is 394 g/mol. The van der Waals surface area contributed by atoms with E-state index in [-0.39, 0.29) is 16.0 Å². The lowest BCUT2D eigenvalue weighted by molar-refractivity contribution is -0.384. The Bertz CT molecular complexity index is 735. The third-order valence-corrected chi connectivity index (χ3v) is 6.39. The Kier molecular flexibility index (Phi) is 8.09. The maximum absolute atomic E-state index is 11.0. The summed E-state index contributed by atoms with van der Waals surface area (Å²) in [6, 6.07) is 7.18. The molecule has 0 bridgehead atoms. The van der Waals surface area contributed by atoms with Gasteiger partial charge in [-0.25, -0.2) is 0 Å². The average molecular weight is 395 g/mol. The molecule has 0 atom stereocenters. The Labute approximate surface area is 174 Å². The summed E-state index contributed by atoms with van der Waals surface area (Å²) < 4.78 is 0. The Morgan fingerprint density at radius 3 is 2.00 bits per heavy atom. The molecule has 4 heteroatoms. The molecule has 156 valence electrons. The van der Waals surface area contributed by atoms with Gasteiger partial charge in [0.2, 0.25) is 0 Å². The van der Waals surface area contributed by atoms with Crippen LogP contribution >= 0.6 is 0 Å². The summed E-state index contributed by atoms with van der Waals surface area (Å²) in [5, 5.41) is 14.6. The Hall–Kier alpha value is -2.36. The van der Waals surface area contributed by atoms with Crippen molar-refractivity contribution in [3.8, 4) is 0 Å². The van der Waals surface area contributed by atoms with Gasteiger partial charge in [0.25, 0.3) is 5.69 Å². The minimum absolute atomic E-state index is 0.0500. The number of rotatable bonds is 4. The van der Waals surface area contributed by atoms with E-state index in [0.717, 1.165) is 19.3 Å². The molecule has 0 aromatic heterocycles. The van der Waals surface area contributed by atoms with Crippen LogP contribution in [0.2, 0.25) is 0 Å². The standard InChI is InChI=1S/C25H34N2O2/c28-27(29)23-16-14-22(15-17-23)21-25(24-13-9-8-12-20-26-24)18-10-6-4-2-1-3-5-7-11-19-25/h8-9,12-17,20,26H,1-7,10-11,18-19,21H2. The molecule has 4 nitrogen and oxygen atoms in total. The first-order chi connectivity index (χ1) is 14.2. The minimum atomic E-state index is -0.319. The summed E-state index contributed by atoms with van der Waals surface area (Å²) in [6.45, 7) is 0. The summed E-state index contributed by atoms with van der Waals surface area (Å²) in [4.78, 5) is 10.7. The van der Waals surface area contributed by atoms with Crippen molar-refractivity contribution in [1.82, 2.24) is 5.32 Å². The zero-order valence-corrected chi connectivity index (χ0v) is 17.4. The van der Waals surface area contributed by atoms with E-state index in [2.05, 4.69) is 23.5 Å². The number of hydrogen-bond acceptors (Lipinski definition) is 3. The molecule has 0 saturated heterocycles. The summed E-state index contributed by atoms with van der Waals surface area (Å²) in [5.41, 5.74) is 2.69. The number of benzene rings is 1. The molecule has 3 rings (SSSR count). The van der Waals surface area contributed by atoms with Gasteiger partial charge in [0, 0.05) is 29.4 Å². The number of nitrogens with one attached hydrogen (secondary N) is 1. The third kappa shape index (κ3) is 6.31. The smallest absolute Gasteiger partial charge is 0.269 e. The molecule has 29 heavy (non-hydrogen) atoms. The number of nitro groups is 1. The molecule has 0 spiro atoms. The summed E-state index contributed by atoms with van der Waals surface area (Å²) in [7, 11) is 0. The SMILES string of the molecule is O=[N+]([O-])c1ccc(CC2(C3=CC=CC=CN3)CCCCCCCCCCC2)cc1. The van der Waals surface area contributed by atoms with Crippen molar-refractivity contribution in [1.29, 1.82) is 0 Å². The van der Waals surface area contributed by atoms with Crippen LogP contribution in [0.1, 0.15) is 76.2 Å². The lowest BCUT2D eigenvalue weighted by Crippen LogP contribution is -2.32. The fourth-order valence-electron chi connectivity index (χ4n) is 4.74. The third-order valence-electron chi connectivity index (χ3n) is 6.39. The molecule has 1 N–H and O–H groups in total. The molecular weight excluding hydrogens is 360 g/mol. The van der Waals surface area contributed by atoms with Gasteiger partial charge in [-0.2, -0.15) is 0 Å². The fraction of sp³-hybridized carbons (Fsp3) is 0.520. The van der Waals surface area contributed by atoms with Crippen LogP contribution in [0.4, 0.5) is 5.69 Å². The van der Waals surface area contributed by atoms with Gasteiger partial charge in [-0.3, -0.25) is 10.1 Å². The first kappa shape index (κ1) is 21.4. The van der Waals surface area contributed by atoms with Gasteiger partial charge in [-0.1, -0.05) is 82.1 Å². The van der Waals surface area contributed by atoms with E-state index in [9.17, 15) is 10.1 Å². The second kappa shape index (κ2) is 11.0. The average Bonchev–Trinajstić information content (AvgIpc) is 3.00. The van der Waals surface area contributed by atoms with E-state index in [0.29, 0.717) is 0 Å². The molecule has 0 radical (unpaired) electrons. The van der Waals surface area contributed by atoms with Crippen LogP contribution in [-0.2, 0) is 6.42 Å². The largest absolute Gasteiger partial charge is 0.365 e. The van der Waals surface area contributed by atoms with Crippen LogP contribution in [0.5, 0.6) is 0 Å². The van der Waals surface area contributed by atoms with Gasteiger partial charge in [0.05, 0.1) is 4.92 Å². The quantitative estimate of drug-likeness (QED) is 0.442. The predicted octanol–water partition coefficient (Wildman–Crippen LogP) is 6.99. The van der Waals surface area contributed by atoms with Crippen molar-refractivity contribution in [3.05, 3.63) is 76.1 Å². The van der Waals surface area contributed by atoms with Crippen LogP contribution in [-0.4, -0.2) is 4.92 Å². The molecule has 1 aromatic rings. The summed E-state index contributed by atoms with van der Waals surface area (Å²) in [6.07, 6.45) is 25.6. The van der Waals surface area contributed by atoms with Crippen LogP contribution in [0.3, 0.4) is 0 Å². The molecule has 1 aromatic carbocycles. The van der Waals surface area contributed by atoms with E-state index >= 15 is 0 Å². The molecule has 1 fully saturated rings. The topological polar surface area (TPSA) is 55.2 Å². The van der Waals surface area contributed by atoms with Crippen molar-refractivity contribution in [2.75, 3.05) is 0 Å². The van der Waals surface area contributed by atoms with Crippen LogP contribution in [0.25, 0.3) is 0 Å². The predicted molar refractivity (Wildman–Crippen MR) is 120 cm³/mol. The van der Waals surface area contributed by atoms with Gasteiger partial charge >= 0.3 is 0 Å².